The van der Waals surface area contributed by atoms with Crippen LogP contribution in [0.2, 0.25) is 0 Å². The average molecular weight is 286 g/mol. The Labute approximate surface area is 118 Å². The summed E-state index contributed by atoms with van der Waals surface area (Å²) in [5.74, 6) is -3.46. The highest BCUT2D eigenvalue weighted by atomic mass is 16.4. The van der Waals surface area contributed by atoms with Gasteiger partial charge in [0.25, 0.3) is 0 Å². The largest absolute Gasteiger partial charge is 0.478 e. The van der Waals surface area contributed by atoms with E-state index in [0.717, 1.165) is 0 Å². The smallest absolute Gasteiger partial charge is 0.336 e. The van der Waals surface area contributed by atoms with Crippen LogP contribution >= 0.6 is 0 Å². The lowest BCUT2D eigenvalue weighted by Gasteiger charge is -2.08. The molecule has 2 aromatic carbocycles. The molecule has 0 atom stereocenters. The first-order valence-electron chi connectivity index (χ1n) is 5.84. The average Bonchev–Trinajstić information content (AvgIpc) is 2.46. The van der Waals surface area contributed by atoms with Gasteiger partial charge in [-0.1, -0.05) is 12.1 Å². The van der Waals surface area contributed by atoms with Crippen molar-refractivity contribution < 1.29 is 29.7 Å². The van der Waals surface area contributed by atoms with E-state index in [4.69, 9.17) is 15.3 Å². The van der Waals surface area contributed by atoms with Crippen molar-refractivity contribution in [1.82, 2.24) is 0 Å². The first-order valence-corrected chi connectivity index (χ1v) is 5.84. The Bertz CT molecular complexity index is 730. The number of carboxylic acid groups (broad SMARTS) is 3. The Morgan fingerprint density at radius 1 is 0.667 bits per heavy atom. The van der Waals surface area contributed by atoms with Crippen molar-refractivity contribution in [2.24, 2.45) is 0 Å². The molecule has 0 saturated heterocycles. The van der Waals surface area contributed by atoms with Crippen LogP contribution in [-0.2, 0) is 0 Å². The van der Waals surface area contributed by atoms with E-state index in [1.54, 1.807) is 0 Å². The van der Waals surface area contributed by atoms with Crippen molar-refractivity contribution >= 4 is 17.9 Å². The standard InChI is InChI=1S/C15H10O6/c16-13(17)9-3-1-8(2-4-9)12-7-10(14(18)19)5-6-11(12)15(20)21/h1-7H,(H,16,17)(H,18,19)(H,20,21). The molecule has 21 heavy (non-hydrogen) atoms. The summed E-state index contributed by atoms with van der Waals surface area (Å²) in [5.41, 5.74) is 0.616. The minimum absolute atomic E-state index is 0.0442. The third-order valence-corrected chi connectivity index (χ3v) is 2.94. The molecule has 0 unspecified atom stereocenters. The number of carbonyl (C=O) groups is 3. The van der Waals surface area contributed by atoms with Crippen molar-refractivity contribution in [3.63, 3.8) is 0 Å². The lowest BCUT2D eigenvalue weighted by Crippen LogP contribution is -2.03. The van der Waals surface area contributed by atoms with Crippen LogP contribution in [0.25, 0.3) is 11.1 Å². The number of carboxylic acids is 3. The van der Waals surface area contributed by atoms with Gasteiger partial charge in [-0.25, -0.2) is 14.4 Å². The highest BCUT2D eigenvalue weighted by Crippen LogP contribution is 2.26. The van der Waals surface area contributed by atoms with Crippen molar-refractivity contribution in [2.75, 3.05) is 0 Å². The van der Waals surface area contributed by atoms with Crippen molar-refractivity contribution in [1.29, 1.82) is 0 Å². The van der Waals surface area contributed by atoms with Gasteiger partial charge in [0.2, 0.25) is 0 Å². The van der Waals surface area contributed by atoms with Gasteiger partial charge in [0.1, 0.15) is 0 Å². The van der Waals surface area contributed by atoms with Crippen molar-refractivity contribution in [2.45, 2.75) is 0 Å². The van der Waals surface area contributed by atoms with E-state index < -0.39 is 17.9 Å². The summed E-state index contributed by atoms with van der Waals surface area (Å²) < 4.78 is 0. The van der Waals surface area contributed by atoms with Crippen LogP contribution in [0, 0.1) is 0 Å². The first kappa shape index (κ1) is 14.3. The predicted molar refractivity (Wildman–Crippen MR) is 72.8 cm³/mol. The number of benzene rings is 2. The van der Waals surface area contributed by atoms with Crippen LogP contribution in [0.3, 0.4) is 0 Å². The zero-order chi connectivity index (χ0) is 15.6. The Hall–Kier alpha value is -3.15. The van der Waals surface area contributed by atoms with E-state index in [1.165, 1.54) is 42.5 Å². The number of hydrogen-bond donors (Lipinski definition) is 3. The molecule has 0 fully saturated rings. The van der Waals surface area contributed by atoms with E-state index >= 15 is 0 Å². The Kier molecular flexibility index (Phi) is 3.71. The summed E-state index contributed by atoms with van der Waals surface area (Å²) >= 11 is 0. The molecule has 0 aliphatic heterocycles. The molecule has 0 spiro atoms. The summed E-state index contributed by atoms with van der Waals surface area (Å²) in [6, 6.07) is 9.22. The van der Waals surface area contributed by atoms with Crippen LogP contribution in [0.4, 0.5) is 0 Å². The van der Waals surface area contributed by atoms with Gasteiger partial charge in [0.05, 0.1) is 16.7 Å². The van der Waals surface area contributed by atoms with Gasteiger partial charge in [0, 0.05) is 0 Å². The zero-order valence-electron chi connectivity index (χ0n) is 10.6. The van der Waals surface area contributed by atoms with E-state index in [0.29, 0.717) is 5.56 Å². The van der Waals surface area contributed by atoms with E-state index in [9.17, 15) is 14.4 Å². The molecule has 106 valence electrons. The maximum atomic E-state index is 11.2. The van der Waals surface area contributed by atoms with E-state index in [-0.39, 0.29) is 22.3 Å². The lowest BCUT2D eigenvalue weighted by atomic mass is 9.96. The zero-order valence-corrected chi connectivity index (χ0v) is 10.6. The second kappa shape index (κ2) is 5.46. The molecule has 2 aromatic rings. The summed E-state index contributed by atoms with van der Waals surface area (Å²) in [5, 5.41) is 27.0. The van der Waals surface area contributed by atoms with Gasteiger partial charge >= 0.3 is 17.9 Å². The SMILES string of the molecule is O=C(O)c1ccc(-c2cc(C(=O)O)ccc2C(=O)O)cc1. The molecule has 0 amide bonds. The maximum Gasteiger partial charge on any atom is 0.336 e. The molecule has 0 aliphatic carbocycles. The summed E-state index contributed by atoms with van der Waals surface area (Å²) in [4.78, 5) is 33.0. The molecule has 0 aromatic heterocycles. The van der Waals surface area contributed by atoms with Crippen molar-refractivity contribution in [3.05, 3.63) is 59.2 Å². The Morgan fingerprint density at radius 3 is 1.67 bits per heavy atom. The van der Waals surface area contributed by atoms with Crippen LogP contribution < -0.4 is 0 Å². The molecular weight excluding hydrogens is 276 g/mol. The van der Waals surface area contributed by atoms with E-state index in [1.807, 2.05) is 0 Å². The molecule has 0 radical (unpaired) electrons. The number of hydrogen-bond acceptors (Lipinski definition) is 3. The van der Waals surface area contributed by atoms with Gasteiger partial charge in [-0.3, -0.25) is 0 Å². The second-order valence-electron chi connectivity index (χ2n) is 4.25. The van der Waals surface area contributed by atoms with Gasteiger partial charge < -0.3 is 15.3 Å². The number of aromatic carboxylic acids is 3. The molecule has 0 bridgehead atoms. The van der Waals surface area contributed by atoms with Crippen molar-refractivity contribution in [3.8, 4) is 11.1 Å². The minimum atomic E-state index is -1.19. The van der Waals surface area contributed by atoms with Gasteiger partial charge in [-0.2, -0.15) is 0 Å². The third kappa shape index (κ3) is 2.89. The lowest BCUT2D eigenvalue weighted by molar-refractivity contribution is 0.0682. The topological polar surface area (TPSA) is 112 Å². The van der Waals surface area contributed by atoms with Gasteiger partial charge in [0.15, 0.2) is 0 Å². The van der Waals surface area contributed by atoms with Crippen LogP contribution in [0.15, 0.2) is 42.5 Å². The maximum absolute atomic E-state index is 11.2. The van der Waals surface area contributed by atoms with Crippen LogP contribution in [-0.4, -0.2) is 33.2 Å². The van der Waals surface area contributed by atoms with E-state index in [2.05, 4.69) is 0 Å². The molecule has 0 heterocycles. The summed E-state index contributed by atoms with van der Waals surface area (Å²) in [6.07, 6.45) is 0. The molecular formula is C15H10O6. The molecule has 2 rings (SSSR count). The fraction of sp³-hybridized carbons (Fsp3) is 0. The predicted octanol–water partition coefficient (Wildman–Crippen LogP) is 2.45. The molecule has 6 nitrogen and oxygen atoms in total. The first-order chi connectivity index (χ1) is 9.90. The fourth-order valence-corrected chi connectivity index (χ4v) is 1.89. The van der Waals surface area contributed by atoms with Gasteiger partial charge in [-0.15, -0.1) is 0 Å². The van der Waals surface area contributed by atoms with Crippen LogP contribution in [0.5, 0.6) is 0 Å². The summed E-state index contributed by atoms with van der Waals surface area (Å²) in [6.45, 7) is 0. The number of rotatable bonds is 4. The fourth-order valence-electron chi connectivity index (χ4n) is 1.89. The molecule has 6 heteroatoms. The molecule has 0 saturated carbocycles. The third-order valence-electron chi connectivity index (χ3n) is 2.94. The molecule has 0 aliphatic rings. The monoisotopic (exact) mass is 286 g/mol. The normalized spacial score (nSPS) is 10.1. The molecule has 3 N–H and O–H groups in total. The Balaban J connectivity index is 2.59. The highest BCUT2D eigenvalue weighted by molar-refractivity contribution is 5.99. The van der Waals surface area contributed by atoms with Crippen LogP contribution in [0.1, 0.15) is 31.1 Å². The second-order valence-corrected chi connectivity index (χ2v) is 4.25. The quantitative estimate of drug-likeness (QED) is 0.795. The summed E-state index contributed by atoms with van der Waals surface area (Å²) in [7, 11) is 0. The Morgan fingerprint density at radius 2 is 1.19 bits per heavy atom. The highest BCUT2D eigenvalue weighted by Gasteiger charge is 2.15. The minimum Gasteiger partial charge on any atom is -0.478 e. The van der Waals surface area contributed by atoms with Gasteiger partial charge in [-0.05, 0) is 41.5 Å².